The lowest BCUT2D eigenvalue weighted by atomic mass is 10.1. The number of halogens is 2. The molecule has 5 aromatic rings. The zero-order chi connectivity index (χ0) is 23.0. The minimum absolute atomic E-state index is 0.922. The van der Waals surface area contributed by atoms with Crippen LogP contribution in [0, 0.1) is 0 Å². The number of benzene rings is 4. The molecular weight excluding hydrogens is 577 g/mol. The molecular formula is C26H22Br2N3PS. The standard InChI is InChI=1S/C26H22Br2N3PS/c1-2-31-25-6-4-3-5-23(25)24-17-22(15-16-26(24)31)32(33,29-20-11-7-18(27)8-12-20)30-21-13-9-19(28)10-14-21/h3-17H,2H2,1H3,(H2,29,30,33). The highest BCUT2D eigenvalue weighted by Crippen LogP contribution is 2.46. The van der Waals surface area contributed by atoms with Gasteiger partial charge >= 0.3 is 0 Å². The summed E-state index contributed by atoms with van der Waals surface area (Å²) in [6, 6.07) is 31.6. The smallest absolute Gasteiger partial charge is 0.148 e. The molecule has 0 saturated heterocycles. The predicted molar refractivity (Wildman–Crippen MR) is 155 cm³/mol. The van der Waals surface area contributed by atoms with Gasteiger partial charge in [-0.1, -0.05) is 50.1 Å². The first-order chi connectivity index (χ1) is 16.0. The summed E-state index contributed by atoms with van der Waals surface area (Å²) in [5, 5.41) is 10.9. The lowest BCUT2D eigenvalue weighted by Gasteiger charge is -2.27. The number of para-hydroxylation sites is 1. The second-order valence-corrected chi connectivity index (χ2v) is 13.5. The summed E-state index contributed by atoms with van der Waals surface area (Å²) < 4.78 is 4.44. The van der Waals surface area contributed by atoms with E-state index in [4.69, 9.17) is 11.8 Å². The number of fused-ring (bicyclic) bond motifs is 3. The number of aromatic nitrogens is 1. The largest absolute Gasteiger partial charge is 0.341 e. The van der Waals surface area contributed by atoms with Crippen molar-refractivity contribution in [2.45, 2.75) is 13.5 Å². The highest BCUT2D eigenvalue weighted by atomic mass is 79.9. The summed E-state index contributed by atoms with van der Waals surface area (Å²) in [5.74, 6) is 0. The number of hydrogen-bond acceptors (Lipinski definition) is 1. The van der Waals surface area contributed by atoms with Gasteiger partial charge in [0.15, 0.2) is 0 Å². The van der Waals surface area contributed by atoms with Gasteiger partial charge in [0.05, 0.1) is 0 Å². The van der Waals surface area contributed by atoms with Crippen LogP contribution in [-0.2, 0) is 18.4 Å². The van der Waals surface area contributed by atoms with E-state index in [2.05, 4.69) is 120 Å². The van der Waals surface area contributed by atoms with Crippen molar-refractivity contribution in [1.82, 2.24) is 4.57 Å². The van der Waals surface area contributed by atoms with Crippen LogP contribution in [0.2, 0.25) is 0 Å². The fourth-order valence-corrected chi connectivity index (χ4v) is 7.58. The van der Waals surface area contributed by atoms with Crippen LogP contribution < -0.4 is 15.5 Å². The average Bonchev–Trinajstić information content (AvgIpc) is 3.15. The lowest BCUT2D eigenvalue weighted by molar-refractivity contribution is 0.827. The second kappa shape index (κ2) is 9.27. The topological polar surface area (TPSA) is 29.0 Å². The number of hydrogen-bond donors (Lipinski definition) is 2. The Morgan fingerprint density at radius 1 is 0.727 bits per heavy atom. The lowest BCUT2D eigenvalue weighted by Crippen LogP contribution is -2.18. The van der Waals surface area contributed by atoms with Gasteiger partial charge in [-0.25, -0.2) is 0 Å². The Labute approximate surface area is 215 Å². The molecule has 0 bridgehead atoms. The Hall–Kier alpha value is -2.11. The first-order valence-electron chi connectivity index (χ1n) is 10.7. The van der Waals surface area contributed by atoms with Crippen LogP contribution in [0.5, 0.6) is 0 Å². The van der Waals surface area contributed by atoms with Gasteiger partial charge in [-0.05, 0) is 91.5 Å². The van der Waals surface area contributed by atoms with Gasteiger partial charge in [0.1, 0.15) is 6.34 Å². The van der Waals surface area contributed by atoms with Crippen molar-refractivity contribution in [3.63, 3.8) is 0 Å². The average molecular weight is 599 g/mol. The Kier molecular flexibility index (Phi) is 6.37. The summed E-state index contributed by atoms with van der Waals surface area (Å²) in [7, 11) is 0. The third kappa shape index (κ3) is 4.50. The van der Waals surface area contributed by atoms with Crippen molar-refractivity contribution in [2.75, 3.05) is 10.2 Å². The molecule has 0 fully saturated rings. The fraction of sp³-hybridized carbons (Fsp3) is 0.0769. The minimum atomic E-state index is -2.43. The van der Waals surface area contributed by atoms with Crippen LogP contribution in [0.1, 0.15) is 6.92 Å². The normalized spacial score (nSPS) is 11.7. The molecule has 0 atom stereocenters. The Morgan fingerprint density at radius 3 is 1.85 bits per heavy atom. The molecule has 0 aliphatic rings. The Balaban J connectivity index is 1.66. The Morgan fingerprint density at radius 2 is 1.27 bits per heavy atom. The molecule has 2 N–H and O–H groups in total. The molecule has 5 rings (SSSR count). The molecule has 0 spiro atoms. The number of nitrogens with one attached hydrogen (secondary N) is 2. The second-order valence-electron chi connectivity index (χ2n) is 7.81. The van der Waals surface area contributed by atoms with Crippen molar-refractivity contribution >= 4 is 88.5 Å². The van der Waals surface area contributed by atoms with E-state index in [1.807, 2.05) is 24.3 Å². The highest BCUT2D eigenvalue weighted by Gasteiger charge is 2.22. The SMILES string of the molecule is CCn1c2ccccc2c2cc(P(=S)(Nc3ccc(Br)cc3)Nc3ccc(Br)cc3)ccc21. The van der Waals surface area contributed by atoms with E-state index in [1.54, 1.807) is 0 Å². The van der Waals surface area contributed by atoms with Crippen LogP contribution in [0.3, 0.4) is 0 Å². The van der Waals surface area contributed by atoms with Gasteiger partial charge in [0.25, 0.3) is 0 Å². The summed E-state index contributed by atoms with van der Waals surface area (Å²) in [4.78, 5) is 0. The minimum Gasteiger partial charge on any atom is -0.341 e. The monoisotopic (exact) mass is 597 g/mol. The molecule has 166 valence electrons. The van der Waals surface area contributed by atoms with E-state index in [0.717, 1.165) is 32.2 Å². The van der Waals surface area contributed by atoms with Gasteiger partial charge in [-0.15, -0.1) is 0 Å². The Bertz CT molecular complexity index is 1440. The summed E-state index contributed by atoms with van der Waals surface area (Å²) in [5.41, 5.74) is 4.46. The number of rotatable bonds is 6. The van der Waals surface area contributed by atoms with E-state index in [0.29, 0.717) is 0 Å². The quantitative estimate of drug-likeness (QED) is 0.192. The van der Waals surface area contributed by atoms with Crippen molar-refractivity contribution < 1.29 is 0 Å². The van der Waals surface area contributed by atoms with Gasteiger partial charge < -0.3 is 14.7 Å². The first kappa shape index (κ1) is 22.7. The van der Waals surface area contributed by atoms with Gasteiger partial charge in [-0.2, -0.15) is 0 Å². The van der Waals surface area contributed by atoms with Crippen LogP contribution in [0.15, 0.2) is 99.9 Å². The van der Waals surface area contributed by atoms with E-state index in [9.17, 15) is 0 Å². The fourth-order valence-electron chi connectivity index (χ4n) is 4.15. The van der Waals surface area contributed by atoms with Crippen molar-refractivity contribution in [3.8, 4) is 0 Å². The molecule has 0 aliphatic carbocycles. The number of nitrogens with zero attached hydrogens (tertiary/aromatic N) is 1. The van der Waals surface area contributed by atoms with Crippen molar-refractivity contribution in [1.29, 1.82) is 0 Å². The molecule has 1 heterocycles. The van der Waals surface area contributed by atoms with Crippen LogP contribution >= 0.6 is 38.2 Å². The maximum Gasteiger partial charge on any atom is 0.148 e. The third-order valence-corrected chi connectivity index (χ3v) is 10.1. The highest BCUT2D eigenvalue weighted by molar-refractivity contribution is 9.10. The molecule has 3 nitrogen and oxygen atoms in total. The van der Waals surface area contributed by atoms with Crippen molar-refractivity contribution in [2.24, 2.45) is 0 Å². The summed E-state index contributed by atoms with van der Waals surface area (Å²) in [6.07, 6.45) is -2.43. The molecule has 0 radical (unpaired) electrons. The summed E-state index contributed by atoms with van der Waals surface area (Å²) in [6.45, 7) is 3.11. The maximum absolute atomic E-state index is 6.38. The molecule has 7 heteroatoms. The molecule has 1 aromatic heterocycles. The zero-order valence-corrected chi connectivity index (χ0v) is 22.8. The van der Waals surface area contributed by atoms with Crippen LogP contribution in [0.4, 0.5) is 11.4 Å². The van der Waals surface area contributed by atoms with Gasteiger partial charge in [-0.3, -0.25) is 0 Å². The third-order valence-electron chi connectivity index (χ3n) is 5.70. The predicted octanol–water partition coefficient (Wildman–Crippen LogP) is 8.50. The van der Waals surface area contributed by atoms with Gasteiger partial charge in [0, 0.05) is 54.0 Å². The summed E-state index contributed by atoms with van der Waals surface area (Å²) >= 11 is 13.4. The van der Waals surface area contributed by atoms with E-state index in [1.165, 1.54) is 21.8 Å². The van der Waals surface area contributed by atoms with Gasteiger partial charge in [0.2, 0.25) is 0 Å². The maximum atomic E-state index is 6.38. The first-order valence-corrected chi connectivity index (χ1v) is 15.0. The van der Waals surface area contributed by atoms with Crippen LogP contribution in [-0.4, -0.2) is 4.57 Å². The zero-order valence-electron chi connectivity index (χ0n) is 17.9. The van der Waals surface area contributed by atoms with E-state index >= 15 is 0 Å². The molecule has 0 aliphatic heterocycles. The molecule has 0 unspecified atom stereocenters. The van der Waals surface area contributed by atoms with Crippen molar-refractivity contribution in [3.05, 3.63) is 99.9 Å². The molecule has 4 aromatic carbocycles. The van der Waals surface area contributed by atoms with Crippen LogP contribution in [0.25, 0.3) is 21.8 Å². The molecule has 33 heavy (non-hydrogen) atoms. The van der Waals surface area contributed by atoms with E-state index in [-0.39, 0.29) is 0 Å². The number of aryl methyl sites for hydroxylation is 1. The van der Waals surface area contributed by atoms with E-state index < -0.39 is 6.34 Å². The molecule has 0 amide bonds. The molecule has 0 saturated carbocycles. The number of anilines is 2.